The van der Waals surface area contributed by atoms with Gasteiger partial charge in [-0.05, 0) is 13.3 Å². The highest BCUT2D eigenvalue weighted by molar-refractivity contribution is 4.82. The molecule has 1 fully saturated rings. The average molecular weight is 130 g/mol. The van der Waals surface area contributed by atoms with Crippen LogP contribution in [-0.4, -0.2) is 23.4 Å². The summed E-state index contributed by atoms with van der Waals surface area (Å²) in [7, 11) is 0. The van der Waals surface area contributed by atoms with Gasteiger partial charge in [0.2, 0.25) is 0 Å². The van der Waals surface area contributed by atoms with Crippen molar-refractivity contribution in [1.29, 1.82) is 0 Å². The molecule has 3 unspecified atom stereocenters. The van der Waals surface area contributed by atoms with Crippen molar-refractivity contribution >= 4 is 0 Å². The number of rotatable bonds is 3. The second-order valence-corrected chi connectivity index (χ2v) is 2.68. The summed E-state index contributed by atoms with van der Waals surface area (Å²) in [6.07, 6.45) is 2.25. The van der Waals surface area contributed by atoms with Crippen LogP contribution in [0.5, 0.6) is 0 Å². The lowest BCUT2D eigenvalue weighted by atomic mass is 10.1. The molecule has 2 heteroatoms. The van der Waals surface area contributed by atoms with Crippen molar-refractivity contribution in [2.45, 2.75) is 45.0 Å². The van der Waals surface area contributed by atoms with Crippen molar-refractivity contribution < 1.29 is 9.84 Å². The van der Waals surface area contributed by atoms with Crippen molar-refractivity contribution in [3.8, 4) is 0 Å². The Kier molecular flexibility index (Phi) is 2.09. The molecule has 9 heavy (non-hydrogen) atoms. The first-order valence-corrected chi connectivity index (χ1v) is 3.57. The fraction of sp³-hybridized carbons (Fsp3) is 1.00. The van der Waals surface area contributed by atoms with Crippen molar-refractivity contribution in [3.05, 3.63) is 0 Å². The van der Waals surface area contributed by atoms with Crippen molar-refractivity contribution in [3.63, 3.8) is 0 Å². The maximum Gasteiger partial charge on any atom is 0.0863 e. The van der Waals surface area contributed by atoms with Gasteiger partial charge in [0, 0.05) is 6.42 Å². The van der Waals surface area contributed by atoms with E-state index in [4.69, 9.17) is 9.84 Å². The number of ether oxygens (including phenoxy) is 1. The largest absolute Gasteiger partial charge is 0.393 e. The number of aliphatic hydroxyl groups is 1. The fourth-order valence-electron chi connectivity index (χ4n) is 0.912. The highest BCUT2D eigenvalue weighted by atomic mass is 16.6. The van der Waals surface area contributed by atoms with E-state index in [1.807, 2.05) is 13.8 Å². The molecule has 3 atom stereocenters. The van der Waals surface area contributed by atoms with Crippen LogP contribution in [0.25, 0.3) is 0 Å². The van der Waals surface area contributed by atoms with Gasteiger partial charge in [-0.1, -0.05) is 6.92 Å². The van der Waals surface area contributed by atoms with Crippen molar-refractivity contribution in [2.75, 3.05) is 0 Å². The summed E-state index contributed by atoms with van der Waals surface area (Å²) in [5.74, 6) is 0. The van der Waals surface area contributed by atoms with Crippen LogP contribution in [0.1, 0.15) is 26.7 Å². The van der Waals surface area contributed by atoms with Gasteiger partial charge >= 0.3 is 0 Å². The zero-order valence-corrected chi connectivity index (χ0v) is 6.00. The molecule has 1 aliphatic rings. The van der Waals surface area contributed by atoms with E-state index in [1.165, 1.54) is 0 Å². The standard InChI is InChI=1S/C7H14O2/c1-3-6(8)4-7-5(2)9-7/h5-8H,3-4H2,1-2H3. The van der Waals surface area contributed by atoms with Crippen molar-refractivity contribution in [1.82, 2.24) is 0 Å². The third kappa shape index (κ3) is 1.95. The van der Waals surface area contributed by atoms with Crippen LogP contribution < -0.4 is 0 Å². The molecule has 2 nitrogen and oxygen atoms in total. The van der Waals surface area contributed by atoms with Gasteiger partial charge in [-0.2, -0.15) is 0 Å². The molecule has 0 spiro atoms. The van der Waals surface area contributed by atoms with E-state index >= 15 is 0 Å². The molecule has 0 aliphatic carbocycles. The van der Waals surface area contributed by atoms with Crippen LogP contribution in [0.2, 0.25) is 0 Å². The second kappa shape index (κ2) is 2.67. The topological polar surface area (TPSA) is 32.8 Å². The lowest BCUT2D eigenvalue weighted by Gasteiger charge is -2.02. The highest BCUT2D eigenvalue weighted by Gasteiger charge is 2.35. The first-order chi connectivity index (χ1) is 4.24. The number of epoxide rings is 1. The Balaban J connectivity index is 2.05. The quantitative estimate of drug-likeness (QED) is 0.576. The zero-order valence-electron chi connectivity index (χ0n) is 6.00. The summed E-state index contributed by atoms with van der Waals surface area (Å²) >= 11 is 0. The molecule has 0 saturated carbocycles. The van der Waals surface area contributed by atoms with E-state index in [0.717, 1.165) is 12.8 Å². The van der Waals surface area contributed by atoms with Gasteiger partial charge in [0.05, 0.1) is 18.3 Å². The van der Waals surface area contributed by atoms with Crippen molar-refractivity contribution in [2.24, 2.45) is 0 Å². The Morgan fingerprint density at radius 1 is 1.67 bits per heavy atom. The Hall–Kier alpha value is -0.0800. The van der Waals surface area contributed by atoms with Crippen LogP contribution >= 0.6 is 0 Å². The summed E-state index contributed by atoms with van der Waals surface area (Å²) in [6.45, 7) is 4.02. The molecule has 0 aromatic rings. The maximum atomic E-state index is 9.11. The summed E-state index contributed by atoms with van der Waals surface area (Å²) in [5, 5.41) is 9.11. The van der Waals surface area contributed by atoms with Gasteiger partial charge in [-0.25, -0.2) is 0 Å². The summed E-state index contributed by atoms with van der Waals surface area (Å²) in [5.41, 5.74) is 0. The van der Waals surface area contributed by atoms with E-state index in [2.05, 4.69) is 0 Å². The number of hydrogen-bond donors (Lipinski definition) is 1. The molecule has 0 radical (unpaired) electrons. The predicted molar refractivity (Wildman–Crippen MR) is 35.2 cm³/mol. The van der Waals surface area contributed by atoms with E-state index in [-0.39, 0.29) is 6.10 Å². The molecular weight excluding hydrogens is 116 g/mol. The number of hydrogen-bond acceptors (Lipinski definition) is 2. The first kappa shape index (κ1) is 7.03. The van der Waals surface area contributed by atoms with Gasteiger partial charge in [-0.15, -0.1) is 0 Å². The van der Waals surface area contributed by atoms with E-state index in [0.29, 0.717) is 12.2 Å². The lowest BCUT2D eigenvalue weighted by Crippen LogP contribution is -2.08. The van der Waals surface area contributed by atoms with Crippen LogP contribution in [-0.2, 0) is 4.74 Å². The normalized spacial score (nSPS) is 36.3. The minimum absolute atomic E-state index is 0.153. The summed E-state index contributed by atoms with van der Waals surface area (Å²) in [6, 6.07) is 0. The van der Waals surface area contributed by atoms with Crippen LogP contribution in [0, 0.1) is 0 Å². The predicted octanol–water partition coefficient (Wildman–Crippen LogP) is 0.935. The van der Waals surface area contributed by atoms with Gasteiger partial charge in [0.25, 0.3) is 0 Å². The third-order valence-corrected chi connectivity index (χ3v) is 1.81. The highest BCUT2D eigenvalue weighted by Crippen LogP contribution is 2.26. The Labute approximate surface area is 55.8 Å². The van der Waals surface area contributed by atoms with Gasteiger partial charge in [0.15, 0.2) is 0 Å². The smallest absolute Gasteiger partial charge is 0.0863 e. The van der Waals surface area contributed by atoms with Gasteiger partial charge < -0.3 is 9.84 Å². The molecule has 1 rings (SSSR count). The van der Waals surface area contributed by atoms with Gasteiger partial charge in [-0.3, -0.25) is 0 Å². The van der Waals surface area contributed by atoms with Gasteiger partial charge in [0.1, 0.15) is 0 Å². The summed E-state index contributed by atoms with van der Waals surface area (Å²) in [4.78, 5) is 0. The van der Waals surface area contributed by atoms with E-state index < -0.39 is 0 Å². The Bertz CT molecular complexity index is 90.9. The summed E-state index contributed by atoms with van der Waals surface area (Å²) < 4.78 is 5.13. The monoisotopic (exact) mass is 130 g/mol. The zero-order chi connectivity index (χ0) is 6.85. The Morgan fingerprint density at radius 2 is 2.22 bits per heavy atom. The minimum atomic E-state index is -0.153. The molecule has 1 heterocycles. The molecular formula is C7H14O2. The SMILES string of the molecule is CCC(O)CC1OC1C. The molecule has 1 N–H and O–H groups in total. The molecule has 0 bridgehead atoms. The van der Waals surface area contributed by atoms with Crippen LogP contribution in [0.3, 0.4) is 0 Å². The van der Waals surface area contributed by atoms with E-state index in [1.54, 1.807) is 0 Å². The molecule has 1 aliphatic heterocycles. The second-order valence-electron chi connectivity index (χ2n) is 2.68. The molecule has 0 aromatic carbocycles. The Morgan fingerprint density at radius 3 is 2.56 bits per heavy atom. The molecule has 1 saturated heterocycles. The average Bonchev–Trinajstić information content (AvgIpc) is 2.47. The van der Waals surface area contributed by atoms with E-state index in [9.17, 15) is 0 Å². The maximum absolute atomic E-state index is 9.11. The fourth-order valence-corrected chi connectivity index (χ4v) is 0.912. The minimum Gasteiger partial charge on any atom is -0.393 e. The first-order valence-electron chi connectivity index (χ1n) is 3.57. The van der Waals surface area contributed by atoms with Crippen LogP contribution in [0.15, 0.2) is 0 Å². The van der Waals surface area contributed by atoms with Crippen LogP contribution in [0.4, 0.5) is 0 Å². The molecule has 0 aromatic heterocycles. The molecule has 0 amide bonds. The third-order valence-electron chi connectivity index (χ3n) is 1.81. The number of aliphatic hydroxyl groups excluding tert-OH is 1. The molecule has 54 valence electrons. The lowest BCUT2D eigenvalue weighted by molar-refractivity contribution is 0.148.